The predicted octanol–water partition coefficient (Wildman–Crippen LogP) is 3.71. The average molecular weight is 257 g/mol. The van der Waals surface area contributed by atoms with Gasteiger partial charge in [0, 0.05) is 18.9 Å². The predicted molar refractivity (Wildman–Crippen MR) is 77.6 cm³/mol. The summed E-state index contributed by atoms with van der Waals surface area (Å²) >= 11 is 0. The summed E-state index contributed by atoms with van der Waals surface area (Å²) < 4.78 is 0. The van der Waals surface area contributed by atoms with Crippen molar-refractivity contribution in [1.82, 2.24) is 5.32 Å². The lowest BCUT2D eigenvalue weighted by atomic mass is 10.1. The molecule has 0 aromatic carbocycles. The Morgan fingerprint density at radius 1 is 0.944 bits per heavy atom. The van der Waals surface area contributed by atoms with Crippen LogP contribution in [-0.4, -0.2) is 18.2 Å². The third-order valence-electron chi connectivity index (χ3n) is 2.53. The molecule has 1 amide bonds. The van der Waals surface area contributed by atoms with Gasteiger partial charge in [0.05, 0.1) is 0 Å². The lowest BCUT2D eigenvalue weighted by Gasteiger charge is -2.07. The van der Waals surface area contributed by atoms with E-state index in [1.165, 1.54) is 0 Å². The van der Waals surface area contributed by atoms with Crippen LogP contribution in [0.25, 0.3) is 0 Å². The van der Waals surface area contributed by atoms with Gasteiger partial charge in [-0.3, -0.25) is 4.79 Å². The summed E-state index contributed by atoms with van der Waals surface area (Å²) in [6, 6.07) is 0. The molecule has 0 atom stereocenters. The minimum absolute atomic E-state index is 0.0792. The van der Waals surface area contributed by atoms with Crippen LogP contribution < -0.4 is 5.32 Å². The maximum absolute atomic E-state index is 11.2. The Hall–Kier alpha value is -0.860. The number of hydrogen-bond acceptors (Lipinski definition) is 2. The average Bonchev–Trinajstić information content (AvgIpc) is 2.34. The van der Waals surface area contributed by atoms with Crippen LogP contribution in [0.3, 0.4) is 0 Å². The minimum Gasteiger partial charge on any atom is -0.356 e. The first kappa shape index (κ1) is 19.5. The second-order valence-corrected chi connectivity index (χ2v) is 4.67. The van der Waals surface area contributed by atoms with Crippen molar-refractivity contribution in [1.29, 1.82) is 0 Å². The third-order valence-corrected chi connectivity index (χ3v) is 2.53. The molecule has 0 saturated carbocycles. The number of amides is 1. The first-order valence-corrected chi connectivity index (χ1v) is 7.31. The lowest BCUT2D eigenvalue weighted by Crippen LogP contribution is -2.28. The van der Waals surface area contributed by atoms with Gasteiger partial charge in [0.25, 0.3) is 0 Å². The van der Waals surface area contributed by atoms with E-state index in [4.69, 9.17) is 0 Å². The highest BCUT2D eigenvalue weighted by Crippen LogP contribution is 2.05. The molecule has 1 N–H and O–H groups in total. The molecular formula is C15H31NO2. The number of unbranched alkanes of at least 4 members (excludes halogenated alkanes) is 4. The van der Waals surface area contributed by atoms with Crippen LogP contribution in [0.1, 0.15) is 73.1 Å². The monoisotopic (exact) mass is 257 g/mol. The number of carbonyl (C=O) groups is 2. The van der Waals surface area contributed by atoms with Crippen LogP contribution in [0.4, 0.5) is 0 Å². The van der Waals surface area contributed by atoms with Gasteiger partial charge in [-0.25, -0.2) is 0 Å². The molecule has 0 aromatic heterocycles. The van der Waals surface area contributed by atoms with Gasteiger partial charge < -0.3 is 10.1 Å². The smallest absolute Gasteiger partial charge is 0.222 e. The van der Waals surface area contributed by atoms with Gasteiger partial charge in [0.15, 0.2) is 0 Å². The third kappa shape index (κ3) is 15.1. The van der Waals surface area contributed by atoms with E-state index in [-0.39, 0.29) is 17.6 Å². The van der Waals surface area contributed by atoms with Crippen molar-refractivity contribution in [3.63, 3.8) is 0 Å². The summed E-state index contributed by atoms with van der Waals surface area (Å²) in [4.78, 5) is 21.9. The quantitative estimate of drug-likeness (QED) is 0.640. The van der Waals surface area contributed by atoms with Gasteiger partial charge in [0.1, 0.15) is 5.78 Å². The first-order valence-electron chi connectivity index (χ1n) is 7.31. The van der Waals surface area contributed by atoms with E-state index in [1.807, 2.05) is 27.7 Å². The van der Waals surface area contributed by atoms with Crippen molar-refractivity contribution in [2.75, 3.05) is 6.54 Å². The van der Waals surface area contributed by atoms with Crippen LogP contribution in [-0.2, 0) is 9.59 Å². The zero-order valence-corrected chi connectivity index (χ0v) is 12.8. The summed E-state index contributed by atoms with van der Waals surface area (Å²) in [5.41, 5.74) is 0. The highest BCUT2D eigenvalue weighted by atomic mass is 16.1. The van der Waals surface area contributed by atoms with Crippen LogP contribution in [0.15, 0.2) is 0 Å². The van der Waals surface area contributed by atoms with Gasteiger partial charge in [0.2, 0.25) is 5.91 Å². The molecule has 18 heavy (non-hydrogen) atoms. The second kappa shape index (κ2) is 14.2. The van der Waals surface area contributed by atoms with Crippen LogP contribution in [0.5, 0.6) is 0 Å². The maximum atomic E-state index is 11.2. The molecule has 0 bridgehead atoms. The molecule has 0 aliphatic rings. The van der Waals surface area contributed by atoms with E-state index >= 15 is 0 Å². The molecule has 0 fully saturated rings. The molecule has 0 unspecified atom stereocenters. The molecule has 0 aliphatic heterocycles. The zero-order chi connectivity index (χ0) is 14.4. The molecule has 0 aromatic rings. The minimum atomic E-state index is 0.0792. The SMILES string of the molecule is CC.CC(=O)CCCCCCCNC(=O)C(C)C. The van der Waals surface area contributed by atoms with E-state index in [1.54, 1.807) is 6.92 Å². The van der Waals surface area contributed by atoms with Crippen LogP contribution >= 0.6 is 0 Å². The van der Waals surface area contributed by atoms with Crippen molar-refractivity contribution in [3.05, 3.63) is 0 Å². The summed E-state index contributed by atoms with van der Waals surface area (Å²) in [7, 11) is 0. The molecule has 0 radical (unpaired) electrons. The summed E-state index contributed by atoms with van der Waals surface area (Å²) in [5.74, 6) is 0.497. The van der Waals surface area contributed by atoms with E-state index in [9.17, 15) is 9.59 Å². The Bertz CT molecular complexity index is 213. The topological polar surface area (TPSA) is 46.2 Å². The summed E-state index contributed by atoms with van der Waals surface area (Å²) in [5, 5.41) is 2.90. The van der Waals surface area contributed by atoms with Crippen molar-refractivity contribution in [3.8, 4) is 0 Å². The van der Waals surface area contributed by atoms with E-state index in [0.717, 1.165) is 38.6 Å². The molecule has 0 rings (SSSR count). The Morgan fingerprint density at radius 2 is 1.44 bits per heavy atom. The Balaban J connectivity index is 0. The van der Waals surface area contributed by atoms with Crippen molar-refractivity contribution < 1.29 is 9.59 Å². The zero-order valence-electron chi connectivity index (χ0n) is 12.8. The van der Waals surface area contributed by atoms with Crippen molar-refractivity contribution in [2.24, 2.45) is 5.92 Å². The van der Waals surface area contributed by atoms with Crippen LogP contribution in [0.2, 0.25) is 0 Å². The number of hydrogen-bond donors (Lipinski definition) is 1. The fraction of sp³-hybridized carbons (Fsp3) is 0.867. The molecule has 108 valence electrons. The molecule has 0 spiro atoms. The van der Waals surface area contributed by atoms with E-state index < -0.39 is 0 Å². The first-order chi connectivity index (χ1) is 8.54. The Morgan fingerprint density at radius 3 is 1.94 bits per heavy atom. The maximum Gasteiger partial charge on any atom is 0.222 e. The molecule has 0 aliphatic carbocycles. The highest BCUT2D eigenvalue weighted by Gasteiger charge is 2.04. The molecule has 3 nitrogen and oxygen atoms in total. The molecular weight excluding hydrogens is 226 g/mol. The van der Waals surface area contributed by atoms with Gasteiger partial charge in [-0.2, -0.15) is 0 Å². The van der Waals surface area contributed by atoms with Gasteiger partial charge >= 0.3 is 0 Å². The lowest BCUT2D eigenvalue weighted by molar-refractivity contribution is -0.124. The number of ketones is 1. The summed E-state index contributed by atoms with van der Waals surface area (Å²) in [6.45, 7) is 10.2. The van der Waals surface area contributed by atoms with E-state index in [2.05, 4.69) is 5.32 Å². The van der Waals surface area contributed by atoms with Gasteiger partial charge in [-0.05, 0) is 19.8 Å². The molecule has 3 heteroatoms. The Labute approximate surface area is 113 Å². The fourth-order valence-corrected chi connectivity index (χ4v) is 1.44. The number of rotatable bonds is 9. The highest BCUT2D eigenvalue weighted by molar-refractivity contribution is 5.77. The van der Waals surface area contributed by atoms with Crippen LogP contribution in [0, 0.1) is 5.92 Å². The van der Waals surface area contributed by atoms with Gasteiger partial charge in [-0.1, -0.05) is 47.0 Å². The molecule has 0 heterocycles. The molecule has 0 saturated heterocycles. The number of Topliss-reactive ketones (excluding diaryl/α,β-unsaturated/α-hetero) is 1. The van der Waals surface area contributed by atoms with Gasteiger partial charge in [-0.15, -0.1) is 0 Å². The standard InChI is InChI=1S/C13H25NO2.C2H6/c1-11(2)13(16)14-10-8-6-4-5-7-9-12(3)15;1-2/h11H,4-10H2,1-3H3,(H,14,16);1-2H3. The summed E-state index contributed by atoms with van der Waals surface area (Å²) in [6.07, 6.45) is 6.18. The second-order valence-electron chi connectivity index (χ2n) is 4.67. The van der Waals surface area contributed by atoms with Crippen molar-refractivity contribution >= 4 is 11.7 Å². The number of carbonyl (C=O) groups excluding carboxylic acids is 2. The van der Waals surface area contributed by atoms with E-state index in [0.29, 0.717) is 6.42 Å². The number of nitrogens with one attached hydrogen (secondary N) is 1. The largest absolute Gasteiger partial charge is 0.356 e. The fourth-order valence-electron chi connectivity index (χ4n) is 1.44. The normalized spacial score (nSPS) is 9.67. The Kier molecular flexibility index (Phi) is 15.4. The van der Waals surface area contributed by atoms with Crippen molar-refractivity contribution in [2.45, 2.75) is 73.1 Å².